The maximum atomic E-state index is 12.2. The zero-order valence-electron chi connectivity index (χ0n) is 12.4. The van der Waals surface area contributed by atoms with E-state index in [0.29, 0.717) is 5.56 Å². The van der Waals surface area contributed by atoms with Crippen LogP contribution in [-0.2, 0) is 4.79 Å². The highest BCUT2D eigenvalue weighted by molar-refractivity contribution is 5.97. The van der Waals surface area contributed by atoms with E-state index in [0.717, 1.165) is 32.4 Å². The molecule has 118 valence electrons. The van der Waals surface area contributed by atoms with E-state index in [9.17, 15) is 19.7 Å². The van der Waals surface area contributed by atoms with Gasteiger partial charge in [0.2, 0.25) is 5.91 Å². The molecule has 1 N–H and O–H groups in total. The summed E-state index contributed by atoms with van der Waals surface area (Å²) >= 11 is 0. The van der Waals surface area contributed by atoms with E-state index < -0.39 is 16.9 Å². The van der Waals surface area contributed by atoms with Gasteiger partial charge in [0.1, 0.15) is 6.04 Å². The molecule has 0 bridgehead atoms. The Balaban J connectivity index is 1.95. The van der Waals surface area contributed by atoms with Crippen LogP contribution in [-0.4, -0.2) is 40.8 Å². The van der Waals surface area contributed by atoms with Crippen LogP contribution >= 0.6 is 0 Å². The Kier molecular flexibility index (Phi) is 5.08. The van der Waals surface area contributed by atoms with Crippen LogP contribution < -0.4 is 5.32 Å². The fraction of sp³-hybridized carbons (Fsp3) is 0.467. The first-order valence-corrected chi connectivity index (χ1v) is 7.33. The minimum atomic E-state index is -0.610. The van der Waals surface area contributed by atoms with Crippen LogP contribution in [0.3, 0.4) is 0 Å². The van der Waals surface area contributed by atoms with Crippen molar-refractivity contribution in [3.05, 3.63) is 39.9 Å². The van der Waals surface area contributed by atoms with Gasteiger partial charge in [-0.25, -0.2) is 0 Å². The van der Waals surface area contributed by atoms with Gasteiger partial charge in [-0.15, -0.1) is 0 Å². The molecule has 7 heteroatoms. The molecule has 1 aromatic carbocycles. The van der Waals surface area contributed by atoms with E-state index in [2.05, 4.69) is 5.32 Å². The Bertz CT molecular complexity index is 565. The Labute approximate surface area is 128 Å². The quantitative estimate of drug-likeness (QED) is 0.677. The van der Waals surface area contributed by atoms with Crippen molar-refractivity contribution in [2.45, 2.75) is 32.2 Å². The maximum absolute atomic E-state index is 12.2. The Morgan fingerprint density at radius 1 is 1.18 bits per heavy atom. The number of likely N-dealkylation sites (tertiary alicyclic amines) is 1. The molecule has 0 spiro atoms. The molecule has 22 heavy (non-hydrogen) atoms. The average Bonchev–Trinajstić information content (AvgIpc) is 2.54. The molecule has 1 fully saturated rings. The number of nitrogens with zero attached hydrogens (tertiary/aromatic N) is 2. The highest BCUT2D eigenvalue weighted by Crippen LogP contribution is 2.13. The molecule has 1 aliphatic heterocycles. The molecule has 2 amide bonds. The van der Waals surface area contributed by atoms with Crippen molar-refractivity contribution in [1.82, 2.24) is 10.2 Å². The number of non-ortho nitro benzene ring substituents is 1. The van der Waals surface area contributed by atoms with Gasteiger partial charge in [-0.3, -0.25) is 19.7 Å². The first-order valence-electron chi connectivity index (χ1n) is 7.33. The fourth-order valence-corrected chi connectivity index (χ4v) is 2.46. The summed E-state index contributed by atoms with van der Waals surface area (Å²) < 4.78 is 0. The summed E-state index contributed by atoms with van der Waals surface area (Å²) in [6.07, 6.45) is 3.12. The number of nitro benzene ring substituents is 1. The SMILES string of the molecule is CC(NC(=O)c1ccc([N+](=O)[O-])cc1)C(=O)N1CCCCC1. The van der Waals surface area contributed by atoms with Crippen LogP contribution in [0.4, 0.5) is 5.69 Å². The molecule has 1 unspecified atom stereocenters. The van der Waals surface area contributed by atoms with Gasteiger partial charge in [0.25, 0.3) is 11.6 Å². The van der Waals surface area contributed by atoms with Crippen LogP contribution in [0.15, 0.2) is 24.3 Å². The molecule has 1 saturated heterocycles. The molecule has 2 rings (SSSR count). The van der Waals surface area contributed by atoms with Crippen molar-refractivity contribution in [2.75, 3.05) is 13.1 Å². The predicted octanol–water partition coefficient (Wildman–Crippen LogP) is 1.73. The summed E-state index contributed by atoms with van der Waals surface area (Å²) in [4.78, 5) is 36.1. The number of nitrogens with one attached hydrogen (secondary N) is 1. The van der Waals surface area contributed by atoms with Crippen LogP contribution in [0.25, 0.3) is 0 Å². The van der Waals surface area contributed by atoms with E-state index >= 15 is 0 Å². The Morgan fingerprint density at radius 3 is 2.32 bits per heavy atom. The first-order chi connectivity index (χ1) is 10.5. The van der Waals surface area contributed by atoms with Crippen molar-refractivity contribution in [1.29, 1.82) is 0 Å². The molecule has 7 nitrogen and oxygen atoms in total. The highest BCUT2D eigenvalue weighted by Gasteiger charge is 2.23. The lowest BCUT2D eigenvalue weighted by atomic mass is 10.1. The summed E-state index contributed by atoms with van der Waals surface area (Å²) in [7, 11) is 0. The molecule has 1 atom stereocenters. The van der Waals surface area contributed by atoms with Crippen molar-refractivity contribution in [3.63, 3.8) is 0 Å². The third kappa shape index (κ3) is 3.81. The Morgan fingerprint density at radius 2 is 1.77 bits per heavy atom. The molecular formula is C15H19N3O4. The smallest absolute Gasteiger partial charge is 0.269 e. The number of piperidine rings is 1. The van der Waals surface area contributed by atoms with Gasteiger partial charge in [-0.05, 0) is 38.3 Å². The van der Waals surface area contributed by atoms with E-state index in [-0.39, 0.29) is 11.6 Å². The Hall–Kier alpha value is -2.44. The highest BCUT2D eigenvalue weighted by atomic mass is 16.6. The first kappa shape index (κ1) is 15.9. The molecular weight excluding hydrogens is 286 g/mol. The summed E-state index contributed by atoms with van der Waals surface area (Å²) in [6.45, 7) is 3.12. The normalized spacial score (nSPS) is 16.0. The molecule has 0 aromatic heterocycles. The molecule has 1 aliphatic rings. The van der Waals surface area contributed by atoms with Crippen LogP contribution in [0.5, 0.6) is 0 Å². The number of carbonyl (C=O) groups is 2. The summed E-state index contributed by atoms with van der Waals surface area (Å²) in [5, 5.41) is 13.2. The fourth-order valence-electron chi connectivity index (χ4n) is 2.46. The zero-order valence-corrected chi connectivity index (χ0v) is 12.4. The van der Waals surface area contributed by atoms with Gasteiger partial charge >= 0.3 is 0 Å². The second-order valence-electron chi connectivity index (χ2n) is 5.39. The van der Waals surface area contributed by atoms with E-state index in [4.69, 9.17) is 0 Å². The van der Waals surface area contributed by atoms with Crippen LogP contribution in [0.1, 0.15) is 36.5 Å². The molecule has 0 saturated carbocycles. The molecule has 1 aromatic rings. The van der Waals surface area contributed by atoms with Crippen LogP contribution in [0, 0.1) is 10.1 Å². The number of carbonyl (C=O) groups excluding carboxylic acids is 2. The number of hydrogen-bond donors (Lipinski definition) is 1. The summed E-state index contributed by atoms with van der Waals surface area (Å²) in [5.41, 5.74) is 0.220. The van der Waals surface area contributed by atoms with E-state index in [1.54, 1.807) is 11.8 Å². The number of hydrogen-bond acceptors (Lipinski definition) is 4. The van der Waals surface area contributed by atoms with E-state index in [1.807, 2.05) is 0 Å². The lowest BCUT2D eigenvalue weighted by Crippen LogP contribution is -2.48. The third-order valence-corrected chi connectivity index (χ3v) is 3.73. The lowest BCUT2D eigenvalue weighted by molar-refractivity contribution is -0.384. The van der Waals surface area contributed by atoms with Crippen molar-refractivity contribution < 1.29 is 14.5 Å². The monoisotopic (exact) mass is 305 g/mol. The average molecular weight is 305 g/mol. The van der Waals surface area contributed by atoms with Crippen LogP contribution in [0.2, 0.25) is 0 Å². The molecule has 0 radical (unpaired) electrons. The summed E-state index contributed by atoms with van der Waals surface area (Å²) in [6, 6.07) is 4.69. The number of benzene rings is 1. The standard InChI is InChI=1S/C15H19N3O4/c1-11(15(20)17-9-3-2-4-10-17)16-14(19)12-5-7-13(8-6-12)18(21)22/h5-8,11H,2-4,9-10H2,1H3,(H,16,19). The zero-order chi connectivity index (χ0) is 16.1. The third-order valence-electron chi connectivity index (χ3n) is 3.73. The number of nitro groups is 1. The van der Waals surface area contributed by atoms with Gasteiger partial charge in [-0.1, -0.05) is 0 Å². The van der Waals surface area contributed by atoms with Gasteiger partial charge in [0, 0.05) is 30.8 Å². The van der Waals surface area contributed by atoms with Crippen molar-refractivity contribution in [3.8, 4) is 0 Å². The van der Waals surface area contributed by atoms with Gasteiger partial charge in [0.05, 0.1) is 4.92 Å². The van der Waals surface area contributed by atoms with Crippen molar-refractivity contribution >= 4 is 17.5 Å². The number of rotatable bonds is 4. The van der Waals surface area contributed by atoms with Gasteiger partial charge in [0.15, 0.2) is 0 Å². The largest absolute Gasteiger partial charge is 0.341 e. The minimum Gasteiger partial charge on any atom is -0.341 e. The lowest BCUT2D eigenvalue weighted by Gasteiger charge is -2.29. The predicted molar refractivity (Wildman–Crippen MR) is 80.5 cm³/mol. The maximum Gasteiger partial charge on any atom is 0.269 e. The molecule has 0 aliphatic carbocycles. The second-order valence-corrected chi connectivity index (χ2v) is 5.39. The van der Waals surface area contributed by atoms with E-state index in [1.165, 1.54) is 24.3 Å². The molecule has 1 heterocycles. The topological polar surface area (TPSA) is 92.5 Å². The van der Waals surface area contributed by atoms with Crippen molar-refractivity contribution in [2.24, 2.45) is 0 Å². The van der Waals surface area contributed by atoms with Gasteiger partial charge in [-0.2, -0.15) is 0 Å². The second kappa shape index (κ2) is 7.02. The minimum absolute atomic E-state index is 0.0750. The summed E-state index contributed by atoms with van der Waals surface area (Å²) in [5.74, 6) is -0.497. The van der Waals surface area contributed by atoms with Gasteiger partial charge < -0.3 is 10.2 Å². The number of amides is 2.